The summed E-state index contributed by atoms with van der Waals surface area (Å²) in [6.07, 6.45) is 1.59. The summed E-state index contributed by atoms with van der Waals surface area (Å²) in [5.74, 6) is -0.727. The summed E-state index contributed by atoms with van der Waals surface area (Å²) in [6.45, 7) is 4.72. The number of halogens is 1. The molecule has 2 amide bonds. The number of rotatable bonds is 6. The van der Waals surface area contributed by atoms with Gasteiger partial charge in [0, 0.05) is 37.7 Å². The van der Waals surface area contributed by atoms with E-state index in [0.29, 0.717) is 44.4 Å². The van der Waals surface area contributed by atoms with Crippen LogP contribution in [-0.4, -0.2) is 66.4 Å². The molecule has 3 rings (SSSR count). The molecule has 2 unspecified atom stereocenters. The summed E-state index contributed by atoms with van der Waals surface area (Å²) in [7, 11) is 0. The fraction of sp³-hybridized carbons (Fsp3) is 0.571. The smallest absolute Gasteiger partial charge is 0.310 e. The van der Waals surface area contributed by atoms with Crippen molar-refractivity contribution >= 4 is 29.4 Å². The van der Waals surface area contributed by atoms with Crippen LogP contribution in [0.3, 0.4) is 0 Å². The number of hydrogen-bond donors (Lipinski definition) is 1. The van der Waals surface area contributed by atoms with Crippen LogP contribution < -0.4 is 5.32 Å². The van der Waals surface area contributed by atoms with Gasteiger partial charge < -0.3 is 19.9 Å². The maximum Gasteiger partial charge on any atom is 0.310 e. The van der Waals surface area contributed by atoms with Crippen molar-refractivity contribution in [2.24, 2.45) is 5.92 Å². The number of benzene rings is 1. The number of likely N-dealkylation sites (tertiary alicyclic amines) is 1. The van der Waals surface area contributed by atoms with Gasteiger partial charge in [-0.1, -0.05) is 29.8 Å². The lowest BCUT2D eigenvalue weighted by Gasteiger charge is -2.36. The zero-order valence-corrected chi connectivity index (χ0v) is 17.5. The Kier molecular flexibility index (Phi) is 7.50. The van der Waals surface area contributed by atoms with Crippen LogP contribution >= 0.6 is 11.6 Å². The van der Waals surface area contributed by atoms with Crippen molar-refractivity contribution in [3.05, 3.63) is 34.9 Å². The van der Waals surface area contributed by atoms with Gasteiger partial charge in [-0.05, 0) is 31.4 Å². The molecule has 7 nitrogen and oxygen atoms in total. The van der Waals surface area contributed by atoms with Gasteiger partial charge in [0.05, 0.1) is 25.0 Å². The van der Waals surface area contributed by atoms with Crippen LogP contribution in [0.25, 0.3) is 0 Å². The Morgan fingerprint density at radius 1 is 1.28 bits per heavy atom. The summed E-state index contributed by atoms with van der Waals surface area (Å²) in [4.78, 5) is 41.1. The minimum absolute atomic E-state index is 0.0907. The molecule has 0 bridgehead atoms. The average Bonchev–Trinajstić information content (AvgIpc) is 2.72. The molecule has 2 saturated heterocycles. The summed E-state index contributed by atoms with van der Waals surface area (Å²) in [5, 5.41) is 3.79. The number of esters is 1. The lowest BCUT2D eigenvalue weighted by molar-refractivity contribution is -0.152. The molecule has 0 saturated carbocycles. The first kappa shape index (κ1) is 21.6. The monoisotopic (exact) mass is 421 g/mol. The van der Waals surface area contributed by atoms with Gasteiger partial charge in [0.15, 0.2) is 0 Å². The Hall–Kier alpha value is -2.12. The number of nitrogens with zero attached hydrogens (tertiary/aromatic N) is 2. The molecule has 2 heterocycles. The predicted octanol–water partition coefficient (Wildman–Crippen LogP) is 1.83. The summed E-state index contributed by atoms with van der Waals surface area (Å²) in [6, 6.07) is 6.91. The van der Waals surface area contributed by atoms with Gasteiger partial charge in [0.2, 0.25) is 11.8 Å². The van der Waals surface area contributed by atoms with Gasteiger partial charge in [0.25, 0.3) is 0 Å². The molecule has 2 aliphatic rings. The van der Waals surface area contributed by atoms with E-state index in [1.54, 1.807) is 22.8 Å². The number of ether oxygens (including phenoxy) is 1. The molecule has 1 N–H and O–H groups in total. The van der Waals surface area contributed by atoms with Crippen molar-refractivity contribution in [2.75, 3.05) is 32.8 Å². The van der Waals surface area contributed by atoms with Gasteiger partial charge >= 0.3 is 5.97 Å². The predicted molar refractivity (Wildman–Crippen MR) is 109 cm³/mol. The molecular weight excluding hydrogens is 394 g/mol. The van der Waals surface area contributed by atoms with E-state index in [-0.39, 0.29) is 30.1 Å². The van der Waals surface area contributed by atoms with E-state index in [1.165, 1.54) is 0 Å². The Morgan fingerprint density at radius 2 is 2.07 bits per heavy atom. The second-order valence-electron chi connectivity index (χ2n) is 7.49. The fourth-order valence-corrected chi connectivity index (χ4v) is 4.10. The number of carbonyl (C=O) groups is 3. The van der Waals surface area contributed by atoms with Crippen molar-refractivity contribution in [1.82, 2.24) is 15.1 Å². The van der Waals surface area contributed by atoms with Crippen molar-refractivity contribution in [2.45, 2.75) is 38.8 Å². The number of piperazine rings is 1. The molecule has 0 aromatic heterocycles. The molecule has 158 valence electrons. The highest BCUT2D eigenvalue weighted by Gasteiger charge is 2.34. The largest absolute Gasteiger partial charge is 0.466 e. The zero-order chi connectivity index (χ0) is 20.8. The zero-order valence-electron chi connectivity index (χ0n) is 16.7. The quantitative estimate of drug-likeness (QED) is 0.709. The van der Waals surface area contributed by atoms with E-state index < -0.39 is 6.04 Å². The SMILES string of the molecule is CCOC(=O)C1CCCN(C(=O)CC2NCCN(Cc3ccccc3Cl)C2=O)C1. The van der Waals surface area contributed by atoms with Gasteiger partial charge in [-0.15, -0.1) is 0 Å². The summed E-state index contributed by atoms with van der Waals surface area (Å²) < 4.78 is 5.10. The lowest BCUT2D eigenvalue weighted by atomic mass is 9.97. The Labute approximate surface area is 176 Å². The number of amides is 2. The van der Waals surface area contributed by atoms with Crippen LogP contribution in [0.2, 0.25) is 5.02 Å². The van der Waals surface area contributed by atoms with Crippen LogP contribution in [0.15, 0.2) is 24.3 Å². The molecule has 2 atom stereocenters. The fourth-order valence-electron chi connectivity index (χ4n) is 3.90. The molecule has 1 aromatic rings. The van der Waals surface area contributed by atoms with Gasteiger partial charge in [-0.2, -0.15) is 0 Å². The minimum Gasteiger partial charge on any atom is -0.466 e. The Morgan fingerprint density at radius 3 is 2.83 bits per heavy atom. The van der Waals surface area contributed by atoms with Crippen molar-refractivity contribution in [3.63, 3.8) is 0 Å². The van der Waals surface area contributed by atoms with E-state index in [4.69, 9.17) is 16.3 Å². The van der Waals surface area contributed by atoms with Gasteiger partial charge in [-0.3, -0.25) is 14.4 Å². The molecule has 2 aliphatic heterocycles. The first-order valence-electron chi connectivity index (χ1n) is 10.2. The van der Waals surface area contributed by atoms with E-state index >= 15 is 0 Å². The molecular formula is C21H28ClN3O4. The van der Waals surface area contributed by atoms with E-state index in [2.05, 4.69) is 5.32 Å². The van der Waals surface area contributed by atoms with E-state index in [9.17, 15) is 14.4 Å². The first-order chi connectivity index (χ1) is 14.0. The molecule has 0 spiro atoms. The second kappa shape index (κ2) is 10.1. The Bertz CT molecular complexity index is 757. The molecule has 2 fully saturated rings. The molecule has 0 radical (unpaired) electrons. The normalized spacial score (nSPS) is 22.5. The van der Waals surface area contributed by atoms with Gasteiger partial charge in [-0.25, -0.2) is 0 Å². The maximum absolute atomic E-state index is 12.9. The van der Waals surface area contributed by atoms with E-state index in [1.807, 2.05) is 18.2 Å². The maximum atomic E-state index is 12.9. The van der Waals surface area contributed by atoms with Crippen molar-refractivity contribution < 1.29 is 19.1 Å². The van der Waals surface area contributed by atoms with Crippen LogP contribution in [0, 0.1) is 5.92 Å². The van der Waals surface area contributed by atoms with Crippen LogP contribution in [0.4, 0.5) is 0 Å². The Balaban J connectivity index is 1.57. The van der Waals surface area contributed by atoms with Crippen molar-refractivity contribution in [1.29, 1.82) is 0 Å². The topological polar surface area (TPSA) is 79.0 Å². The highest BCUT2D eigenvalue weighted by atomic mass is 35.5. The van der Waals surface area contributed by atoms with Crippen LogP contribution in [-0.2, 0) is 25.7 Å². The molecule has 8 heteroatoms. The van der Waals surface area contributed by atoms with Crippen LogP contribution in [0.5, 0.6) is 0 Å². The van der Waals surface area contributed by atoms with Crippen LogP contribution in [0.1, 0.15) is 31.7 Å². The highest BCUT2D eigenvalue weighted by Crippen LogP contribution is 2.21. The molecule has 0 aliphatic carbocycles. The highest BCUT2D eigenvalue weighted by molar-refractivity contribution is 6.31. The third-order valence-electron chi connectivity index (χ3n) is 5.47. The summed E-state index contributed by atoms with van der Waals surface area (Å²) >= 11 is 6.22. The van der Waals surface area contributed by atoms with Gasteiger partial charge in [0.1, 0.15) is 0 Å². The number of nitrogens with one attached hydrogen (secondary N) is 1. The standard InChI is InChI=1S/C21H28ClN3O4/c1-2-29-21(28)16-7-5-10-24(14-16)19(26)12-18-20(27)25(11-9-23-18)13-15-6-3-4-8-17(15)22/h3-4,6,8,16,18,23H,2,5,7,9-14H2,1H3. The lowest BCUT2D eigenvalue weighted by Crippen LogP contribution is -2.56. The third-order valence-corrected chi connectivity index (χ3v) is 5.84. The van der Waals surface area contributed by atoms with Crippen molar-refractivity contribution in [3.8, 4) is 0 Å². The molecule has 29 heavy (non-hydrogen) atoms. The average molecular weight is 422 g/mol. The first-order valence-corrected chi connectivity index (χ1v) is 10.6. The number of carbonyl (C=O) groups excluding carboxylic acids is 3. The molecule has 1 aromatic carbocycles. The number of piperidine rings is 1. The second-order valence-corrected chi connectivity index (χ2v) is 7.90. The number of hydrogen-bond acceptors (Lipinski definition) is 5. The summed E-state index contributed by atoms with van der Waals surface area (Å²) in [5.41, 5.74) is 0.891. The van der Waals surface area contributed by atoms with E-state index in [0.717, 1.165) is 18.4 Å². The minimum atomic E-state index is -0.554. The third kappa shape index (κ3) is 5.48.